The van der Waals surface area contributed by atoms with Gasteiger partial charge in [-0.3, -0.25) is 4.79 Å². The summed E-state index contributed by atoms with van der Waals surface area (Å²) in [6, 6.07) is 10.3. The maximum atomic E-state index is 11.8. The van der Waals surface area contributed by atoms with E-state index in [0.717, 1.165) is 58.8 Å². The van der Waals surface area contributed by atoms with Gasteiger partial charge in [0.05, 0.1) is 19.8 Å². The Morgan fingerprint density at radius 3 is 2.30 bits per heavy atom. The molecule has 2 fully saturated rings. The number of hydrogen-bond donors (Lipinski definition) is 1. The van der Waals surface area contributed by atoms with Crippen molar-refractivity contribution in [2.75, 3.05) is 53.0 Å². The largest absolute Gasteiger partial charge is 0.490 e. The SMILES string of the molecule is COCC1CN(C(C)=O)CC12CCN(CCOCc1ccccc1)CC2.O=C(O)C(F)(F)F. The highest BCUT2D eigenvalue weighted by Crippen LogP contribution is 2.44. The fourth-order valence-corrected chi connectivity index (χ4v) is 4.45. The summed E-state index contributed by atoms with van der Waals surface area (Å²) in [6.45, 7) is 8.78. The first kappa shape index (κ1) is 27.1. The van der Waals surface area contributed by atoms with Gasteiger partial charge in [-0.2, -0.15) is 13.2 Å². The first-order valence-electron chi connectivity index (χ1n) is 11.0. The number of carboxylic acid groups (broad SMARTS) is 1. The van der Waals surface area contributed by atoms with E-state index in [2.05, 4.69) is 17.0 Å². The number of halogens is 3. The molecule has 0 aliphatic carbocycles. The number of amides is 1. The van der Waals surface area contributed by atoms with Crippen LogP contribution in [0, 0.1) is 11.3 Å². The second-order valence-corrected chi connectivity index (χ2v) is 8.60. The minimum atomic E-state index is -5.08. The van der Waals surface area contributed by atoms with E-state index in [1.807, 2.05) is 23.1 Å². The molecule has 1 unspecified atom stereocenters. The standard InChI is InChI=1S/C21H32N2O3.C2HF3O2/c1-18(24)23-14-20(16-25-2)21(17-23)8-10-22(11-9-21)12-13-26-15-19-6-4-3-5-7-19;3-2(4,5)1(6)7/h3-7,20H,8-17H2,1-2H3;(H,6,7). The van der Waals surface area contributed by atoms with Crippen molar-refractivity contribution < 1.29 is 37.3 Å². The Hall–Kier alpha value is -2.17. The number of aliphatic carboxylic acids is 1. The summed E-state index contributed by atoms with van der Waals surface area (Å²) in [5.74, 6) is -2.10. The molecule has 33 heavy (non-hydrogen) atoms. The quantitative estimate of drug-likeness (QED) is 0.612. The Morgan fingerprint density at radius 1 is 1.18 bits per heavy atom. The van der Waals surface area contributed by atoms with Crippen molar-refractivity contribution in [3.8, 4) is 0 Å². The van der Waals surface area contributed by atoms with Crippen LogP contribution in [0.2, 0.25) is 0 Å². The Morgan fingerprint density at radius 2 is 1.79 bits per heavy atom. The van der Waals surface area contributed by atoms with Crippen molar-refractivity contribution in [3.05, 3.63) is 35.9 Å². The number of ether oxygens (including phenoxy) is 2. The smallest absolute Gasteiger partial charge is 0.475 e. The maximum Gasteiger partial charge on any atom is 0.490 e. The van der Waals surface area contributed by atoms with Crippen molar-refractivity contribution in [2.24, 2.45) is 11.3 Å². The molecule has 2 aliphatic heterocycles. The molecule has 1 N–H and O–H groups in total. The van der Waals surface area contributed by atoms with Crippen LogP contribution in [0.25, 0.3) is 0 Å². The van der Waals surface area contributed by atoms with E-state index in [4.69, 9.17) is 19.4 Å². The molecule has 3 rings (SSSR count). The molecule has 0 radical (unpaired) electrons. The number of benzene rings is 1. The van der Waals surface area contributed by atoms with Crippen LogP contribution in [0.4, 0.5) is 13.2 Å². The van der Waals surface area contributed by atoms with Gasteiger partial charge in [-0.15, -0.1) is 0 Å². The fraction of sp³-hybridized carbons (Fsp3) is 0.652. The molecule has 2 heterocycles. The van der Waals surface area contributed by atoms with Gasteiger partial charge >= 0.3 is 12.1 Å². The molecule has 10 heteroatoms. The molecule has 186 valence electrons. The predicted octanol–water partition coefficient (Wildman–Crippen LogP) is 3.04. The molecule has 0 aromatic heterocycles. The Labute approximate surface area is 192 Å². The lowest BCUT2D eigenvalue weighted by Crippen LogP contribution is -2.46. The van der Waals surface area contributed by atoms with Gasteiger partial charge < -0.3 is 24.4 Å². The molecular formula is C23H33F3N2O5. The first-order valence-corrected chi connectivity index (χ1v) is 11.0. The average molecular weight is 475 g/mol. The van der Waals surface area contributed by atoms with Crippen molar-refractivity contribution in [2.45, 2.75) is 32.5 Å². The summed E-state index contributed by atoms with van der Waals surface area (Å²) in [6.07, 6.45) is -2.80. The van der Waals surface area contributed by atoms with Gasteiger partial charge in [0.15, 0.2) is 0 Å². The predicted molar refractivity (Wildman–Crippen MR) is 116 cm³/mol. The van der Waals surface area contributed by atoms with Crippen LogP contribution < -0.4 is 0 Å². The highest BCUT2D eigenvalue weighted by molar-refractivity contribution is 5.73. The molecule has 0 saturated carbocycles. The molecule has 1 atom stereocenters. The van der Waals surface area contributed by atoms with Gasteiger partial charge in [0, 0.05) is 39.6 Å². The molecule has 1 amide bonds. The van der Waals surface area contributed by atoms with Crippen LogP contribution in [0.15, 0.2) is 30.3 Å². The summed E-state index contributed by atoms with van der Waals surface area (Å²) in [5.41, 5.74) is 1.46. The average Bonchev–Trinajstić information content (AvgIpc) is 3.11. The van der Waals surface area contributed by atoms with Crippen molar-refractivity contribution in [1.82, 2.24) is 9.80 Å². The number of nitrogens with zero attached hydrogens (tertiary/aromatic N) is 2. The van der Waals surface area contributed by atoms with Gasteiger partial charge in [-0.05, 0) is 36.9 Å². The minimum Gasteiger partial charge on any atom is -0.475 e. The van der Waals surface area contributed by atoms with E-state index < -0.39 is 12.1 Å². The Balaban J connectivity index is 0.000000479. The van der Waals surface area contributed by atoms with Crippen LogP contribution in [0.3, 0.4) is 0 Å². The third-order valence-corrected chi connectivity index (χ3v) is 6.38. The van der Waals surface area contributed by atoms with Gasteiger partial charge in [-0.25, -0.2) is 4.79 Å². The second kappa shape index (κ2) is 12.3. The lowest BCUT2D eigenvalue weighted by molar-refractivity contribution is -0.192. The topological polar surface area (TPSA) is 79.3 Å². The number of alkyl halides is 3. The summed E-state index contributed by atoms with van der Waals surface area (Å²) in [4.78, 5) is 25.2. The summed E-state index contributed by atoms with van der Waals surface area (Å²) in [7, 11) is 1.77. The highest BCUT2D eigenvalue weighted by Gasteiger charge is 2.48. The molecule has 2 aliphatic rings. The van der Waals surface area contributed by atoms with Crippen LogP contribution >= 0.6 is 0 Å². The number of rotatable bonds is 7. The second-order valence-electron chi connectivity index (χ2n) is 8.60. The Kier molecular flexibility index (Phi) is 10.1. The zero-order valence-corrected chi connectivity index (χ0v) is 19.1. The van der Waals surface area contributed by atoms with Crippen LogP contribution in [-0.4, -0.2) is 86.0 Å². The number of methoxy groups -OCH3 is 1. The molecule has 7 nitrogen and oxygen atoms in total. The number of carboxylic acids is 1. The number of piperidine rings is 1. The molecule has 0 bridgehead atoms. The third kappa shape index (κ3) is 8.28. The van der Waals surface area contributed by atoms with Crippen molar-refractivity contribution in [3.63, 3.8) is 0 Å². The fourth-order valence-electron chi connectivity index (χ4n) is 4.45. The van der Waals surface area contributed by atoms with Gasteiger partial charge in [0.25, 0.3) is 0 Å². The lowest BCUT2D eigenvalue weighted by atomic mass is 9.71. The van der Waals surface area contributed by atoms with E-state index >= 15 is 0 Å². The molecule has 1 aromatic rings. The van der Waals surface area contributed by atoms with E-state index in [-0.39, 0.29) is 11.3 Å². The maximum absolute atomic E-state index is 11.8. The van der Waals surface area contributed by atoms with E-state index in [1.54, 1.807) is 14.0 Å². The van der Waals surface area contributed by atoms with E-state index in [9.17, 15) is 18.0 Å². The van der Waals surface area contributed by atoms with E-state index in [0.29, 0.717) is 12.5 Å². The summed E-state index contributed by atoms with van der Waals surface area (Å²) < 4.78 is 43.0. The Bertz CT molecular complexity index is 752. The van der Waals surface area contributed by atoms with Crippen LogP contribution in [0.1, 0.15) is 25.3 Å². The van der Waals surface area contributed by atoms with Crippen molar-refractivity contribution >= 4 is 11.9 Å². The molecule has 1 aromatic carbocycles. The number of likely N-dealkylation sites (tertiary alicyclic amines) is 2. The van der Waals surface area contributed by atoms with Crippen LogP contribution in [-0.2, 0) is 25.7 Å². The van der Waals surface area contributed by atoms with Gasteiger partial charge in [-0.1, -0.05) is 30.3 Å². The minimum absolute atomic E-state index is 0.194. The number of carbonyl (C=O) groups is 2. The number of carbonyl (C=O) groups excluding carboxylic acids is 1. The monoisotopic (exact) mass is 474 g/mol. The molecule has 2 saturated heterocycles. The normalized spacial score (nSPS) is 20.4. The number of hydrogen-bond acceptors (Lipinski definition) is 5. The molecule has 1 spiro atoms. The first-order chi connectivity index (χ1) is 15.6. The van der Waals surface area contributed by atoms with Crippen molar-refractivity contribution in [1.29, 1.82) is 0 Å². The zero-order chi connectivity index (χ0) is 24.5. The highest BCUT2D eigenvalue weighted by atomic mass is 19.4. The zero-order valence-electron chi connectivity index (χ0n) is 19.1. The van der Waals surface area contributed by atoms with E-state index in [1.165, 1.54) is 5.56 Å². The van der Waals surface area contributed by atoms with Gasteiger partial charge in [0.2, 0.25) is 5.91 Å². The summed E-state index contributed by atoms with van der Waals surface area (Å²) in [5, 5.41) is 7.12. The van der Waals surface area contributed by atoms with Crippen LogP contribution in [0.5, 0.6) is 0 Å². The third-order valence-electron chi connectivity index (χ3n) is 6.38. The summed E-state index contributed by atoms with van der Waals surface area (Å²) >= 11 is 0. The lowest BCUT2D eigenvalue weighted by Gasteiger charge is -2.42. The molecular weight excluding hydrogens is 441 g/mol. The van der Waals surface area contributed by atoms with Gasteiger partial charge in [0.1, 0.15) is 0 Å².